The molecule has 3 aromatic heterocycles. The standard InChI is InChI=1S/C30H24F3N5O3S/c1-4-27-34-11-10-26(37-27)25-17-38(42(40,41)23-8-6-18(3)7-9-23)29-24(25)14-20(16-35-29)19-12-21(30(31,32)33)15-22(13-19)36-28(39)5-2/h5-17H,2,4H2,1,3H3,(H,36,39). The minimum absolute atomic E-state index is 0.0415. The van der Waals surface area contributed by atoms with E-state index in [4.69, 9.17) is 0 Å². The number of aryl methyl sites for hydroxylation is 2. The van der Waals surface area contributed by atoms with Gasteiger partial charge in [-0.15, -0.1) is 0 Å². The maximum absolute atomic E-state index is 13.8. The minimum Gasteiger partial charge on any atom is -0.322 e. The molecule has 0 aliphatic heterocycles. The van der Waals surface area contributed by atoms with E-state index in [0.29, 0.717) is 28.9 Å². The van der Waals surface area contributed by atoms with E-state index in [1.165, 1.54) is 30.6 Å². The number of fused-ring (bicyclic) bond motifs is 1. The van der Waals surface area contributed by atoms with Crippen LogP contribution in [0.2, 0.25) is 0 Å². The van der Waals surface area contributed by atoms with Crippen LogP contribution >= 0.6 is 0 Å². The molecule has 0 spiro atoms. The highest BCUT2D eigenvalue weighted by Crippen LogP contribution is 2.38. The number of pyridine rings is 1. The summed E-state index contributed by atoms with van der Waals surface area (Å²) in [6, 6.07) is 12.7. The van der Waals surface area contributed by atoms with Gasteiger partial charge in [-0.25, -0.2) is 27.3 Å². The molecule has 5 aromatic rings. The second-order valence-corrected chi connectivity index (χ2v) is 11.3. The number of halogens is 3. The average molecular weight is 592 g/mol. The Labute approximate surface area is 239 Å². The van der Waals surface area contributed by atoms with Crippen LogP contribution in [-0.4, -0.2) is 33.2 Å². The molecule has 5 rings (SSSR count). The van der Waals surface area contributed by atoms with Gasteiger partial charge in [0.1, 0.15) is 5.82 Å². The fraction of sp³-hybridized carbons (Fsp3) is 0.133. The summed E-state index contributed by atoms with van der Waals surface area (Å²) in [4.78, 5) is 25.1. The van der Waals surface area contributed by atoms with Gasteiger partial charge in [0.05, 0.1) is 16.2 Å². The Morgan fingerprint density at radius 2 is 1.79 bits per heavy atom. The summed E-state index contributed by atoms with van der Waals surface area (Å²) in [7, 11) is -4.11. The van der Waals surface area contributed by atoms with E-state index in [1.54, 1.807) is 30.5 Å². The lowest BCUT2D eigenvalue weighted by atomic mass is 10.0. The van der Waals surface area contributed by atoms with Gasteiger partial charge in [-0.3, -0.25) is 4.79 Å². The molecule has 0 aliphatic rings. The molecule has 1 amide bonds. The Balaban J connectivity index is 1.76. The summed E-state index contributed by atoms with van der Waals surface area (Å²) in [5.41, 5.74) is 1.07. The Kier molecular flexibility index (Phi) is 7.42. The summed E-state index contributed by atoms with van der Waals surface area (Å²) in [6.45, 7) is 7.05. The third-order valence-corrected chi connectivity index (χ3v) is 8.20. The number of anilines is 1. The third kappa shape index (κ3) is 5.53. The molecule has 214 valence electrons. The zero-order valence-electron chi connectivity index (χ0n) is 22.5. The van der Waals surface area contributed by atoms with Crippen LogP contribution in [-0.2, 0) is 27.4 Å². The van der Waals surface area contributed by atoms with Gasteiger partial charge >= 0.3 is 6.18 Å². The normalized spacial score (nSPS) is 11.9. The van der Waals surface area contributed by atoms with Crippen LogP contribution in [0.3, 0.4) is 0 Å². The first-order chi connectivity index (χ1) is 19.9. The second kappa shape index (κ2) is 10.9. The van der Waals surface area contributed by atoms with Crippen molar-refractivity contribution >= 4 is 32.7 Å². The van der Waals surface area contributed by atoms with Crippen LogP contribution in [0.4, 0.5) is 18.9 Å². The van der Waals surface area contributed by atoms with E-state index in [9.17, 15) is 26.4 Å². The summed E-state index contributed by atoms with van der Waals surface area (Å²) >= 11 is 0. The highest BCUT2D eigenvalue weighted by Gasteiger charge is 2.32. The highest BCUT2D eigenvalue weighted by atomic mass is 32.2. The van der Waals surface area contributed by atoms with E-state index in [-0.39, 0.29) is 27.4 Å². The molecular weight excluding hydrogens is 567 g/mol. The summed E-state index contributed by atoms with van der Waals surface area (Å²) < 4.78 is 69.8. The van der Waals surface area contributed by atoms with Crippen molar-refractivity contribution in [2.75, 3.05) is 5.32 Å². The topological polar surface area (TPSA) is 107 Å². The van der Waals surface area contributed by atoms with Crippen LogP contribution in [0, 0.1) is 6.92 Å². The van der Waals surface area contributed by atoms with E-state index in [1.807, 2.05) is 13.8 Å². The highest BCUT2D eigenvalue weighted by molar-refractivity contribution is 7.90. The number of nitrogens with one attached hydrogen (secondary N) is 1. The van der Waals surface area contributed by atoms with Crippen molar-refractivity contribution in [3.63, 3.8) is 0 Å². The van der Waals surface area contributed by atoms with Gasteiger partial charge in [0, 0.05) is 47.2 Å². The van der Waals surface area contributed by atoms with Gasteiger partial charge in [-0.05, 0) is 61.0 Å². The number of hydrogen-bond donors (Lipinski definition) is 1. The van der Waals surface area contributed by atoms with E-state index in [0.717, 1.165) is 27.7 Å². The Morgan fingerprint density at radius 1 is 1.05 bits per heavy atom. The number of amides is 1. The molecular formula is C30H24F3N5O3S. The summed E-state index contributed by atoms with van der Waals surface area (Å²) in [6.07, 6.45) is 1.02. The van der Waals surface area contributed by atoms with Crippen LogP contribution < -0.4 is 5.32 Å². The van der Waals surface area contributed by atoms with Gasteiger partial charge in [-0.2, -0.15) is 13.2 Å². The van der Waals surface area contributed by atoms with Crippen LogP contribution in [0.15, 0.2) is 90.7 Å². The van der Waals surface area contributed by atoms with Crippen LogP contribution in [0.1, 0.15) is 23.9 Å². The molecule has 3 heterocycles. The third-order valence-electron chi connectivity index (χ3n) is 6.53. The minimum atomic E-state index is -4.70. The Morgan fingerprint density at radius 3 is 2.45 bits per heavy atom. The molecule has 0 saturated heterocycles. The Bertz CT molecular complexity index is 1950. The average Bonchev–Trinajstić information content (AvgIpc) is 3.36. The lowest BCUT2D eigenvalue weighted by molar-refractivity contribution is -0.137. The molecule has 0 unspecified atom stereocenters. The van der Waals surface area contributed by atoms with Crippen molar-refractivity contribution in [1.82, 2.24) is 18.9 Å². The van der Waals surface area contributed by atoms with Crippen molar-refractivity contribution in [2.45, 2.75) is 31.3 Å². The van der Waals surface area contributed by atoms with Gasteiger partial charge in [-0.1, -0.05) is 31.2 Å². The molecule has 2 aromatic carbocycles. The number of benzene rings is 2. The number of carbonyl (C=O) groups excluding carboxylic acids is 1. The predicted molar refractivity (Wildman–Crippen MR) is 153 cm³/mol. The first-order valence-electron chi connectivity index (χ1n) is 12.7. The van der Waals surface area contributed by atoms with Crippen molar-refractivity contribution in [3.8, 4) is 22.4 Å². The molecule has 0 fully saturated rings. The summed E-state index contributed by atoms with van der Waals surface area (Å²) in [5, 5.41) is 2.72. The SMILES string of the molecule is C=CC(=O)Nc1cc(-c2cnc3c(c2)c(-c2ccnc(CC)n2)cn3S(=O)(=O)c2ccc(C)cc2)cc(C(F)(F)F)c1. The Hall–Kier alpha value is -4.84. The first kappa shape index (κ1) is 28.7. The number of carbonyl (C=O) groups is 1. The number of rotatable bonds is 7. The van der Waals surface area contributed by atoms with E-state index >= 15 is 0 Å². The van der Waals surface area contributed by atoms with Gasteiger partial charge in [0.25, 0.3) is 10.0 Å². The lowest BCUT2D eigenvalue weighted by Gasteiger charge is -2.13. The molecule has 0 bridgehead atoms. The fourth-order valence-electron chi connectivity index (χ4n) is 4.39. The molecule has 12 heteroatoms. The number of hydrogen-bond acceptors (Lipinski definition) is 6. The number of aromatic nitrogens is 4. The summed E-state index contributed by atoms with van der Waals surface area (Å²) in [5.74, 6) is -0.149. The monoisotopic (exact) mass is 591 g/mol. The molecule has 8 nitrogen and oxygen atoms in total. The van der Waals surface area contributed by atoms with Gasteiger partial charge in [0.2, 0.25) is 5.91 Å². The van der Waals surface area contributed by atoms with Crippen molar-refractivity contribution < 1.29 is 26.4 Å². The molecule has 1 N–H and O–H groups in total. The maximum Gasteiger partial charge on any atom is 0.416 e. The number of alkyl halides is 3. The predicted octanol–water partition coefficient (Wildman–Crippen LogP) is 6.41. The number of nitrogens with zero attached hydrogens (tertiary/aromatic N) is 4. The zero-order chi connectivity index (χ0) is 30.2. The van der Waals surface area contributed by atoms with Crippen LogP contribution in [0.5, 0.6) is 0 Å². The van der Waals surface area contributed by atoms with Crippen molar-refractivity contribution in [3.05, 3.63) is 103 Å². The lowest BCUT2D eigenvalue weighted by Crippen LogP contribution is -2.12. The fourth-order valence-corrected chi connectivity index (χ4v) is 5.72. The molecule has 42 heavy (non-hydrogen) atoms. The maximum atomic E-state index is 13.8. The second-order valence-electron chi connectivity index (χ2n) is 9.45. The van der Waals surface area contributed by atoms with Gasteiger partial charge < -0.3 is 5.32 Å². The first-order valence-corrected chi connectivity index (χ1v) is 14.2. The molecule has 0 saturated carbocycles. The van der Waals surface area contributed by atoms with Crippen LogP contribution in [0.25, 0.3) is 33.4 Å². The largest absolute Gasteiger partial charge is 0.416 e. The van der Waals surface area contributed by atoms with Gasteiger partial charge in [0.15, 0.2) is 5.65 Å². The molecule has 0 aliphatic carbocycles. The quantitative estimate of drug-likeness (QED) is 0.219. The van der Waals surface area contributed by atoms with E-state index in [2.05, 4.69) is 26.8 Å². The molecule has 0 radical (unpaired) electrons. The van der Waals surface area contributed by atoms with Crippen molar-refractivity contribution in [2.24, 2.45) is 0 Å². The molecule has 0 atom stereocenters. The van der Waals surface area contributed by atoms with Crippen molar-refractivity contribution in [1.29, 1.82) is 0 Å². The smallest absolute Gasteiger partial charge is 0.322 e. The zero-order valence-corrected chi connectivity index (χ0v) is 23.3. The van der Waals surface area contributed by atoms with E-state index < -0.39 is 27.7 Å².